The Labute approximate surface area is 120 Å². The maximum Gasteiger partial charge on any atom is 0.306 e. The monoisotopic (exact) mass is 270 g/mol. The standard InChI is InChI=1S/C17H34O2/c1-4-7-9-11-13-15-17(18)19-16(6-3)14-12-10-8-5-2/h16H,4-15H2,1-3H3. The Morgan fingerprint density at radius 1 is 0.842 bits per heavy atom. The summed E-state index contributed by atoms with van der Waals surface area (Å²) in [6.07, 6.45) is 13.7. The van der Waals surface area contributed by atoms with Gasteiger partial charge in [0.25, 0.3) is 0 Å². The Bertz CT molecular complexity index is 201. The van der Waals surface area contributed by atoms with Crippen molar-refractivity contribution in [2.75, 3.05) is 0 Å². The number of unbranched alkanes of at least 4 members (excludes halogenated alkanes) is 7. The van der Waals surface area contributed by atoms with Crippen molar-refractivity contribution in [1.29, 1.82) is 0 Å². The topological polar surface area (TPSA) is 26.3 Å². The number of carbonyl (C=O) groups is 1. The molecule has 0 aliphatic carbocycles. The lowest BCUT2D eigenvalue weighted by Gasteiger charge is -2.16. The van der Waals surface area contributed by atoms with Crippen molar-refractivity contribution in [1.82, 2.24) is 0 Å². The number of rotatable bonds is 13. The van der Waals surface area contributed by atoms with Gasteiger partial charge in [0.15, 0.2) is 0 Å². The molecule has 1 unspecified atom stereocenters. The fourth-order valence-corrected chi connectivity index (χ4v) is 2.26. The van der Waals surface area contributed by atoms with Gasteiger partial charge < -0.3 is 4.74 Å². The number of esters is 1. The molecule has 2 nitrogen and oxygen atoms in total. The molecule has 0 aromatic heterocycles. The van der Waals surface area contributed by atoms with E-state index in [1.165, 1.54) is 44.9 Å². The second kappa shape index (κ2) is 13.9. The van der Waals surface area contributed by atoms with Crippen LogP contribution in [0.2, 0.25) is 0 Å². The van der Waals surface area contributed by atoms with Gasteiger partial charge in [0.1, 0.15) is 6.10 Å². The quantitative estimate of drug-likeness (QED) is 0.320. The second-order valence-electron chi connectivity index (χ2n) is 5.53. The van der Waals surface area contributed by atoms with Crippen molar-refractivity contribution in [3.8, 4) is 0 Å². The summed E-state index contributed by atoms with van der Waals surface area (Å²) in [5.74, 6) is 0.0128. The van der Waals surface area contributed by atoms with Crippen molar-refractivity contribution in [2.24, 2.45) is 0 Å². The van der Waals surface area contributed by atoms with E-state index in [0.29, 0.717) is 6.42 Å². The van der Waals surface area contributed by atoms with Crippen LogP contribution in [0.4, 0.5) is 0 Å². The highest BCUT2D eigenvalue weighted by atomic mass is 16.5. The maximum atomic E-state index is 11.7. The Balaban J connectivity index is 3.57. The van der Waals surface area contributed by atoms with Gasteiger partial charge in [-0.1, -0.05) is 65.7 Å². The first kappa shape index (κ1) is 18.5. The molecule has 0 saturated carbocycles. The molecule has 0 spiro atoms. The third-order valence-electron chi connectivity index (χ3n) is 3.62. The molecular weight excluding hydrogens is 236 g/mol. The van der Waals surface area contributed by atoms with Gasteiger partial charge in [-0.05, 0) is 25.7 Å². The lowest BCUT2D eigenvalue weighted by molar-refractivity contribution is -0.149. The highest BCUT2D eigenvalue weighted by molar-refractivity contribution is 5.69. The van der Waals surface area contributed by atoms with Crippen LogP contribution in [-0.4, -0.2) is 12.1 Å². The Hall–Kier alpha value is -0.530. The number of ether oxygens (including phenoxy) is 1. The van der Waals surface area contributed by atoms with E-state index in [-0.39, 0.29) is 12.1 Å². The predicted molar refractivity (Wildman–Crippen MR) is 82.3 cm³/mol. The summed E-state index contributed by atoms with van der Waals surface area (Å²) in [6, 6.07) is 0. The first-order valence-electron chi connectivity index (χ1n) is 8.44. The first-order valence-corrected chi connectivity index (χ1v) is 8.44. The summed E-state index contributed by atoms with van der Waals surface area (Å²) < 4.78 is 5.55. The largest absolute Gasteiger partial charge is 0.462 e. The Kier molecular flexibility index (Phi) is 13.5. The van der Waals surface area contributed by atoms with Crippen LogP contribution in [-0.2, 0) is 9.53 Å². The summed E-state index contributed by atoms with van der Waals surface area (Å²) in [5.41, 5.74) is 0. The van der Waals surface area contributed by atoms with Gasteiger partial charge in [-0.25, -0.2) is 0 Å². The van der Waals surface area contributed by atoms with Gasteiger partial charge in [-0.2, -0.15) is 0 Å². The zero-order valence-corrected chi connectivity index (χ0v) is 13.4. The number of carbonyl (C=O) groups excluding carboxylic acids is 1. The molecule has 0 bridgehead atoms. The minimum Gasteiger partial charge on any atom is -0.462 e. The average Bonchev–Trinajstić information content (AvgIpc) is 2.42. The second-order valence-corrected chi connectivity index (χ2v) is 5.53. The molecule has 0 N–H and O–H groups in total. The fourth-order valence-electron chi connectivity index (χ4n) is 2.26. The molecule has 114 valence electrons. The van der Waals surface area contributed by atoms with Crippen LogP contribution in [0.15, 0.2) is 0 Å². The summed E-state index contributed by atoms with van der Waals surface area (Å²) in [5, 5.41) is 0. The van der Waals surface area contributed by atoms with E-state index >= 15 is 0 Å². The summed E-state index contributed by atoms with van der Waals surface area (Å²) in [7, 11) is 0. The molecule has 0 rings (SSSR count). The van der Waals surface area contributed by atoms with Gasteiger partial charge in [-0.3, -0.25) is 4.79 Å². The van der Waals surface area contributed by atoms with Gasteiger partial charge in [0.2, 0.25) is 0 Å². The van der Waals surface area contributed by atoms with Gasteiger partial charge >= 0.3 is 5.97 Å². The highest BCUT2D eigenvalue weighted by Crippen LogP contribution is 2.13. The number of hydrogen-bond acceptors (Lipinski definition) is 2. The van der Waals surface area contributed by atoms with Crippen LogP contribution in [0, 0.1) is 0 Å². The molecule has 0 fully saturated rings. The Morgan fingerprint density at radius 3 is 2.00 bits per heavy atom. The molecule has 0 radical (unpaired) electrons. The molecule has 0 aromatic rings. The van der Waals surface area contributed by atoms with Crippen molar-refractivity contribution in [3.63, 3.8) is 0 Å². The fraction of sp³-hybridized carbons (Fsp3) is 0.941. The molecule has 0 aliphatic heterocycles. The lowest BCUT2D eigenvalue weighted by atomic mass is 10.1. The van der Waals surface area contributed by atoms with Crippen LogP contribution >= 0.6 is 0 Å². The van der Waals surface area contributed by atoms with Crippen LogP contribution in [0.3, 0.4) is 0 Å². The summed E-state index contributed by atoms with van der Waals surface area (Å²) >= 11 is 0. The lowest BCUT2D eigenvalue weighted by Crippen LogP contribution is -2.17. The summed E-state index contributed by atoms with van der Waals surface area (Å²) in [4.78, 5) is 11.7. The molecule has 0 aromatic carbocycles. The highest BCUT2D eigenvalue weighted by Gasteiger charge is 2.11. The van der Waals surface area contributed by atoms with E-state index in [1.54, 1.807) is 0 Å². The van der Waals surface area contributed by atoms with E-state index in [0.717, 1.165) is 25.7 Å². The molecule has 0 saturated heterocycles. The van der Waals surface area contributed by atoms with Crippen LogP contribution < -0.4 is 0 Å². The summed E-state index contributed by atoms with van der Waals surface area (Å²) in [6.45, 7) is 6.54. The molecule has 0 heterocycles. The van der Waals surface area contributed by atoms with Crippen LogP contribution in [0.25, 0.3) is 0 Å². The predicted octanol–water partition coefficient (Wildman–Crippen LogP) is 5.64. The van der Waals surface area contributed by atoms with Crippen molar-refractivity contribution >= 4 is 5.97 Å². The van der Waals surface area contributed by atoms with Crippen molar-refractivity contribution in [3.05, 3.63) is 0 Å². The normalized spacial score (nSPS) is 12.4. The van der Waals surface area contributed by atoms with Crippen LogP contribution in [0.1, 0.15) is 97.8 Å². The molecule has 2 heteroatoms. The van der Waals surface area contributed by atoms with Crippen LogP contribution in [0.5, 0.6) is 0 Å². The van der Waals surface area contributed by atoms with Gasteiger partial charge in [-0.15, -0.1) is 0 Å². The third-order valence-corrected chi connectivity index (χ3v) is 3.62. The van der Waals surface area contributed by atoms with Crippen molar-refractivity contribution < 1.29 is 9.53 Å². The molecule has 19 heavy (non-hydrogen) atoms. The molecule has 0 amide bonds. The first-order chi connectivity index (χ1) is 9.24. The molecule has 0 aliphatic rings. The number of hydrogen-bond donors (Lipinski definition) is 0. The maximum absolute atomic E-state index is 11.7. The molecular formula is C17H34O2. The van der Waals surface area contributed by atoms with Gasteiger partial charge in [0, 0.05) is 6.42 Å². The molecule has 1 atom stereocenters. The van der Waals surface area contributed by atoms with E-state index in [2.05, 4.69) is 20.8 Å². The minimum absolute atomic E-state index is 0.0128. The SMILES string of the molecule is CCCCCCCC(=O)OC(CC)CCCCCC. The zero-order chi connectivity index (χ0) is 14.3. The van der Waals surface area contributed by atoms with E-state index in [4.69, 9.17) is 4.74 Å². The smallest absolute Gasteiger partial charge is 0.306 e. The van der Waals surface area contributed by atoms with Crippen molar-refractivity contribution in [2.45, 2.75) is 104 Å². The minimum atomic E-state index is 0.0128. The van der Waals surface area contributed by atoms with E-state index < -0.39 is 0 Å². The van der Waals surface area contributed by atoms with Gasteiger partial charge in [0.05, 0.1) is 0 Å². The zero-order valence-electron chi connectivity index (χ0n) is 13.4. The Morgan fingerprint density at radius 2 is 1.42 bits per heavy atom. The third kappa shape index (κ3) is 12.3. The van der Waals surface area contributed by atoms with E-state index in [9.17, 15) is 4.79 Å². The van der Waals surface area contributed by atoms with E-state index in [1.807, 2.05) is 0 Å². The average molecular weight is 270 g/mol.